The molecule has 0 radical (unpaired) electrons. The van der Waals surface area contributed by atoms with Gasteiger partial charge in [0.15, 0.2) is 0 Å². The van der Waals surface area contributed by atoms with E-state index in [0.29, 0.717) is 17.8 Å². The van der Waals surface area contributed by atoms with Crippen LogP contribution < -0.4 is 5.32 Å². The highest BCUT2D eigenvalue weighted by Gasteiger charge is 2.20. The maximum atomic E-state index is 13.1. The van der Waals surface area contributed by atoms with Crippen molar-refractivity contribution in [2.75, 3.05) is 7.05 Å². The average Bonchev–Trinajstić information content (AvgIpc) is 2.73. The maximum Gasteiger partial charge on any atom is 0.280 e. The lowest BCUT2D eigenvalue weighted by atomic mass is 10.2. The molecule has 0 aliphatic carbocycles. The van der Waals surface area contributed by atoms with E-state index < -0.39 is 6.43 Å². The second-order valence-corrected chi connectivity index (χ2v) is 4.69. The van der Waals surface area contributed by atoms with Crippen LogP contribution in [0.25, 0.3) is 5.69 Å². The fourth-order valence-electron chi connectivity index (χ4n) is 1.76. The minimum absolute atomic E-state index is 0.0672. The van der Waals surface area contributed by atoms with Gasteiger partial charge in [0.05, 0.1) is 11.9 Å². The first kappa shape index (κ1) is 13.2. The molecular weight excluding hydrogens is 304 g/mol. The zero-order valence-corrected chi connectivity index (χ0v) is 11.3. The SMILES string of the molecule is CNCc1cnn(-c2cccc(Br)c2)c1C(F)F. The standard InChI is InChI=1S/C12H12BrF2N3/c1-16-6-8-7-17-18(11(8)12(14)15)10-4-2-3-9(13)5-10/h2-5,7,12,16H,6H2,1H3. The van der Waals surface area contributed by atoms with Crippen LogP contribution in [0, 0.1) is 0 Å². The van der Waals surface area contributed by atoms with E-state index in [1.54, 1.807) is 25.2 Å². The van der Waals surface area contributed by atoms with Crippen LogP contribution in [0.15, 0.2) is 34.9 Å². The summed E-state index contributed by atoms with van der Waals surface area (Å²) < 4.78 is 28.4. The Bertz CT molecular complexity index is 540. The Kier molecular flexibility index (Phi) is 4.08. The minimum Gasteiger partial charge on any atom is -0.316 e. The summed E-state index contributed by atoms with van der Waals surface area (Å²) in [7, 11) is 1.71. The van der Waals surface area contributed by atoms with Crippen molar-refractivity contribution in [1.29, 1.82) is 0 Å². The zero-order chi connectivity index (χ0) is 13.1. The number of hydrogen-bond acceptors (Lipinski definition) is 2. The molecule has 0 atom stereocenters. The van der Waals surface area contributed by atoms with Crippen molar-refractivity contribution in [2.45, 2.75) is 13.0 Å². The van der Waals surface area contributed by atoms with E-state index in [9.17, 15) is 8.78 Å². The molecule has 2 aromatic rings. The summed E-state index contributed by atoms with van der Waals surface area (Å²) in [5.41, 5.74) is 1.05. The van der Waals surface area contributed by atoms with Crippen LogP contribution in [0.2, 0.25) is 0 Å². The predicted octanol–water partition coefficient (Wildman–Crippen LogP) is 3.29. The van der Waals surface area contributed by atoms with E-state index in [4.69, 9.17) is 0 Å². The summed E-state index contributed by atoms with van der Waals surface area (Å²) in [6.45, 7) is 0.369. The Balaban J connectivity index is 2.50. The molecule has 6 heteroatoms. The molecule has 0 amide bonds. The first-order chi connectivity index (χ1) is 8.63. The number of nitrogens with one attached hydrogen (secondary N) is 1. The predicted molar refractivity (Wildman–Crippen MR) is 69.0 cm³/mol. The van der Waals surface area contributed by atoms with Crippen LogP contribution in [0.1, 0.15) is 17.7 Å². The first-order valence-corrected chi connectivity index (χ1v) is 6.18. The van der Waals surface area contributed by atoms with Gasteiger partial charge in [-0.05, 0) is 25.2 Å². The molecule has 1 aromatic carbocycles. The number of benzene rings is 1. The van der Waals surface area contributed by atoms with Crippen molar-refractivity contribution in [3.8, 4) is 5.69 Å². The van der Waals surface area contributed by atoms with Gasteiger partial charge in [-0.1, -0.05) is 22.0 Å². The number of alkyl halides is 2. The highest BCUT2D eigenvalue weighted by molar-refractivity contribution is 9.10. The second-order valence-electron chi connectivity index (χ2n) is 3.78. The zero-order valence-electron chi connectivity index (χ0n) is 9.70. The van der Waals surface area contributed by atoms with Crippen LogP contribution in [-0.4, -0.2) is 16.8 Å². The smallest absolute Gasteiger partial charge is 0.280 e. The monoisotopic (exact) mass is 315 g/mol. The molecule has 0 bridgehead atoms. The number of rotatable bonds is 4. The Morgan fingerprint density at radius 1 is 1.44 bits per heavy atom. The molecule has 0 spiro atoms. The molecule has 96 valence electrons. The molecule has 3 nitrogen and oxygen atoms in total. The highest BCUT2D eigenvalue weighted by Crippen LogP contribution is 2.26. The van der Waals surface area contributed by atoms with Gasteiger partial charge < -0.3 is 5.32 Å². The Hall–Kier alpha value is -1.27. The van der Waals surface area contributed by atoms with Gasteiger partial charge in [0, 0.05) is 16.6 Å². The number of aromatic nitrogens is 2. The van der Waals surface area contributed by atoms with Gasteiger partial charge in [0.2, 0.25) is 0 Å². The lowest BCUT2D eigenvalue weighted by molar-refractivity contribution is 0.141. The normalized spacial score (nSPS) is 11.2. The lowest BCUT2D eigenvalue weighted by Crippen LogP contribution is -2.09. The molecule has 0 aliphatic heterocycles. The van der Waals surface area contributed by atoms with Gasteiger partial charge in [-0.2, -0.15) is 5.10 Å². The van der Waals surface area contributed by atoms with Gasteiger partial charge in [0.1, 0.15) is 5.69 Å². The summed E-state index contributed by atoms with van der Waals surface area (Å²) >= 11 is 3.32. The van der Waals surface area contributed by atoms with Crippen molar-refractivity contribution in [2.24, 2.45) is 0 Å². The summed E-state index contributed by atoms with van der Waals surface area (Å²) in [4.78, 5) is 0. The molecule has 2 rings (SSSR count). The lowest BCUT2D eigenvalue weighted by Gasteiger charge is -2.09. The van der Waals surface area contributed by atoms with Gasteiger partial charge >= 0.3 is 0 Å². The van der Waals surface area contributed by atoms with Gasteiger partial charge in [-0.25, -0.2) is 13.5 Å². The molecular formula is C12H12BrF2N3. The molecule has 1 aromatic heterocycles. The molecule has 1 heterocycles. The molecule has 0 saturated heterocycles. The Labute approximate surface area is 112 Å². The highest BCUT2D eigenvalue weighted by atomic mass is 79.9. The third kappa shape index (κ3) is 2.59. The summed E-state index contributed by atoms with van der Waals surface area (Å²) in [6, 6.07) is 7.12. The maximum absolute atomic E-state index is 13.1. The van der Waals surface area contributed by atoms with Crippen LogP contribution >= 0.6 is 15.9 Å². The van der Waals surface area contributed by atoms with Crippen molar-refractivity contribution in [3.05, 3.63) is 46.2 Å². The third-order valence-corrected chi connectivity index (χ3v) is 3.01. The van der Waals surface area contributed by atoms with Crippen molar-refractivity contribution in [3.63, 3.8) is 0 Å². The van der Waals surface area contributed by atoms with Gasteiger partial charge in [-0.15, -0.1) is 0 Å². The molecule has 0 unspecified atom stereocenters. The van der Waals surface area contributed by atoms with E-state index in [2.05, 4.69) is 26.3 Å². The van der Waals surface area contributed by atoms with Crippen LogP contribution in [0.5, 0.6) is 0 Å². The summed E-state index contributed by atoms with van der Waals surface area (Å²) in [5.74, 6) is 0. The number of nitrogens with zero attached hydrogens (tertiary/aromatic N) is 2. The van der Waals surface area contributed by atoms with Crippen LogP contribution in [0.4, 0.5) is 8.78 Å². The van der Waals surface area contributed by atoms with Crippen LogP contribution in [0.3, 0.4) is 0 Å². The largest absolute Gasteiger partial charge is 0.316 e. The fourth-order valence-corrected chi connectivity index (χ4v) is 2.15. The second kappa shape index (κ2) is 5.58. The summed E-state index contributed by atoms with van der Waals surface area (Å²) in [5, 5.41) is 6.90. The number of halogens is 3. The Morgan fingerprint density at radius 2 is 2.22 bits per heavy atom. The first-order valence-electron chi connectivity index (χ1n) is 5.39. The van der Waals surface area contributed by atoms with Crippen molar-refractivity contribution >= 4 is 15.9 Å². The Morgan fingerprint density at radius 3 is 2.83 bits per heavy atom. The van der Waals surface area contributed by atoms with Crippen LogP contribution in [-0.2, 0) is 6.54 Å². The third-order valence-electron chi connectivity index (χ3n) is 2.51. The number of hydrogen-bond donors (Lipinski definition) is 1. The quantitative estimate of drug-likeness (QED) is 0.938. The van der Waals surface area contributed by atoms with Crippen molar-refractivity contribution < 1.29 is 8.78 Å². The van der Waals surface area contributed by atoms with Crippen molar-refractivity contribution in [1.82, 2.24) is 15.1 Å². The molecule has 0 aliphatic rings. The molecule has 18 heavy (non-hydrogen) atoms. The van der Waals surface area contributed by atoms with E-state index in [0.717, 1.165) is 4.47 Å². The van der Waals surface area contributed by atoms with E-state index in [-0.39, 0.29) is 5.69 Å². The summed E-state index contributed by atoms with van der Waals surface area (Å²) in [6.07, 6.45) is -1.09. The molecule has 0 fully saturated rings. The van der Waals surface area contributed by atoms with Gasteiger partial charge in [-0.3, -0.25) is 0 Å². The van der Waals surface area contributed by atoms with Gasteiger partial charge in [0.25, 0.3) is 6.43 Å². The fraction of sp³-hybridized carbons (Fsp3) is 0.250. The van der Waals surface area contributed by atoms with E-state index in [1.807, 2.05) is 6.07 Å². The van der Waals surface area contributed by atoms with E-state index in [1.165, 1.54) is 10.9 Å². The minimum atomic E-state index is -2.56. The molecule has 1 N–H and O–H groups in total. The average molecular weight is 316 g/mol. The van der Waals surface area contributed by atoms with E-state index >= 15 is 0 Å². The molecule has 0 saturated carbocycles. The topological polar surface area (TPSA) is 29.9 Å².